The molecule has 4 rings (SSSR count). The van der Waals surface area contributed by atoms with Gasteiger partial charge in [0.05, 0.1) is 6.54 Å². The number of nitrogens with one attached hydrogen (secondary N) is 1. The van der Waals surface area contributed by atoms with Crippen LogP contribution in [0.3, 0.4) is 0 Å². The first-order chi connectivity index (χ1) is 15.4. The molecule has 2 aromatic carbocycles. The van der Waals surface area contributed by atoms with E-state index in [1.54, 1.807) is 17.0 Å². The quantitative estimate of drug-likeness (QED) is 0.647. The zero-order valence-electron chi connectivity index (χ0n) is 17.6. The molecule has 3 aromatic rings. The van der Waals surface area contributed by atoms with Crippen LogP contribution in [0.25, 0.3) is 0 Å². The number of hydrogen-bond donors (Lipinski definition) is 1. The largest absolute Gasteiger partial charge is 0.352 e. The van der Waals surface area contributed by atoms with Crippen molar-refractivity contribution < 1.29 is 14.0 Å². The molecule has 1 aliphatic rings. The van der Waals surface area contributed by atoms with Gasteiger partial charge in [0.15, 0.2) is 0 Å². The first kappa shape index (κ1) is 21.4. The van der Waals surface area contributed by atoms with E-state index in [-0.39, 0.29) is 54.4 Å². The Morgan fingerprint density at radius 1 is 1.09 bits per heavy atom. The molecule has 2 heterocycles. The molecule has 7 nitrogen and oxygen atoms in total. The Labute approximate surface area is 184 Å². The van der Waals surface area contributed by atoms with Gasteiger partial charge in [0.1, 0.15) is 11.5 Å². The predicted molar refractivity (Wildman–Crippen MR) is 118 cm³/mol. The molecular weight excluding hydrogens is 411 g/mol. The van der Waals surface area contributed by atoms with Gasteiger partial charge < -0.3 is 10.2 Å². The highest BCUT2D eigenvalue weighted by Gasteiger charge is 2.32. The summed E-state index contributed by atoms with van der Waals surface area (Å²) in [5, 5.41) is 6.94. The normalized spacial score (nSPS) is 14.8. The molecule has 0 bridgehead atoms. The van der Waals surface area contributed by atoms with Gasteiger partial charge >= 0.3 is 0 Å². The fourth-order valence-electron chi connectivity index (χ4n) is 3.82. The van der Waals surface area contributed by atoms with Crippen molar-refractivity contribution in [3.8, 4) is 0 Å². The topological polar surface area (TPSA) is 84.3 Å². The molecule has 1 aromatic heterocycles. The van der Waals surface area contributed by atoms with Crippen LogP contribution in [0.2, 0.25) is 0 Å². The van der Waals surface area contributed by atoms with E-state index < -0.39 is 0 Å². The highest BCUT2D eigenvalue weighted by atomic mass is 19.1. The number of halogens is 1. The number of amides is 2. The molecule has 0 saturated carbocycles. The lowest BCUT2D eigenvalue weighted by Crippen LogP contribution is -2.38. The minimum absolute atomic E-state index is 0.0145. The molecule has 1 N–H and O–H groups in total. The van der Waals surface area contributed by atoms with Crippen molar-refractivity contribution in [1.82, 2.24) is 15.1 Å². The number of carbonyl (C=O) groups excluding carboxylic acids is 2. The van der Waals surface area contributed by atoms with Gasteiger partial charge in [-0.1, -0.05) is 30.3 Å². The zero-order valence-corrected chi connectivity index (χ0v) is 17.6. The van der Waals surface area contributed by atoms with Crippen LogP contribution in [0, 0.1) is 5.82 Å². The first-order valence-electron chi connectivity index (χ1n) is 10.4. The molecule has 32 heavy (non-hydrogen) atoms. The van der Waals surface area contributed by atoms with Crippen LogP contribution in [0.1, 0.15) is 35.0 Å². The van der Waals surface area contributed by atoms with Gasteiger partial charge in [-0.3, -0.25) is 14.4 Å². The van der Waals surface area contributed by atoms with E-state index in [0.717, 1.165) is 27.9 Å². The molecular formula is C24H23FN4O3. The fraction of sp³-hybridized carbons (Fsp3) is 0.250. The highest BCUT2D eigenvalue weighted by Crippen LogP contribution is 2.32. The van der Waals surface area contributed by atoms with Crippen molar-refractivity contribution in [3.05, 3.63) is 93.7 Å². The Morgan fingerprint density at radius 2 is 1.84 bits per heavy atom. The summed E-state index contributed by atoms with van der Waals surface area (Å²) in [6, 6.07) is 16.3. The second-order valence-electron chi connectivity index (χ2n) is 7.79. The molecule has 1 aliphatic heterocycles. The number of rotatable bonds is 6. The van der Waals surface area contributed by atoms with E-state index in [2.05, 4.69) is 10.4 Å². The van der Waals surface area contributed by atoms with Gasteiger partial charge in [0.25, 0.3) is 11.5 Å². The van der Waals surface area contributed by atoms with Gasteiger partial charge in [0, 0.05) is 30.8 Å². The van der Waals surface area contributed by atoms with Crippen molar-refractivity contribution in [2.75, 3.05) is 4.90 Å². The molecule has 1 unspecified atom stereocenters. The smallest absolute Gasteiger partial charge is 0.278 e. The van der Waals surface area contributed by atoms with Crippen molar-refractivity contribution in [1.29, 1.82) is 0 Å². The number of carbonyl (C=O) groups is 2. The number of anilines is 1. The summed E-state index contributed by atoms with van der Waals surface area (Å²) in [6.07, 6.45) is 0.782. The summed E-state index contributed by atoms with van der Waals surface area (Å²) in [5.41, 5.74) is 2.48. The van der Waals surface area contributed by atoms with Crippen molar-refractivity contribution in [2.45, 2.75) is 38.9 Å². The van der Waals surface area contributed by atoms with E-state index in [1.165, 1.54) is 24.3 Å². The van der Waals surface area contributed by atoms with Crippen LogP contribution in [0.15, 0.2) is 65.5 Å². The Morgan fingerprint density at radius 3 is 2.62 bits per heavy atom. The number of hydrogen-bond acceptors (Lipinski definition) is 4. The lowest BCUT2D eigenvalue weighted by atomic mass is 10.1. The van der Waals surface area contributed by atoms with E-state index in [4.69, 9.17) is 0 Å². The SMILES string of the molecule is CC1Cc2ccccc2N1C(=O)c1ccc(=O)n(CCC(=O)NCc2ccc(F)cc2)n1. The Kier molecular flexibility index (Phi) is 6.11. The number of para-hydroxylation sites is 1. The van der Waals surface area contributed by atoms with E-state index in [1.807, 2.05) is 31.2 Å². The number of aryl methyl sites for hydroxylation is 1. The minimum atomic E-state index is -0.386. The van der Waals surface area contributed by atoms with Gasteiger partial charge in [-0.25, -0.2) is 9.07 Å². The van der Waals surface area contributed by atoms with Crippen LogP contribution in [0.4, 0.5) is 10.1 Å². The lowest BCUT2D eigenvalue weighted by Gasteiger charge is -2.22. The number of fused-ring (bicyclic) bond motifs is 1. The number of nitrogens with zero attached hydrogens (tertiary/aromatic N) is 3. The van der Waals surface area contributed by atoms with Crippen LogP contribution in [-0.2, 0) is 24.3 Å². The molecule has 0 aliphatic carbocycles. The third kappa shape index (κ3) is 4.59. The second-order valence-corrected chi connectivity index (χ2v) is 7.79. The zero-order chi connectivity index (χ0) is 22.7. The monoisotopic (exact) mass is 434 g/mol. The van der Waals surface area contributed by atoms with Gasteiger partial charge in [-0.15, -0.1) is 0 Å². The molecule has 0 saturated heterocycles. The predicted octanol–water partition coefficient (Wildman–Crippen LogP) is 2.68. The lowest BCUT2D eigenvalue weighted by molar-refractivity contribution is -0.121. The van der Waals surface area contributed by atoms with Crippen molar-refractivity contribution in [3.63, 3.8) is 0 Å². The maximum absolute atomic E-state index is 13.1. The number of aromatic nitrogens is 2. The average molecular weight is 434 g/mol. The first-order valence-corrected chi connectivity index (χ1v) is 10.4. The Balaban J connectivity index is 1.41. The standard InChI is InChI=1S/C24H23FN4O3/c1-16-14-18-4-2-3-5-21(18)29(16)24(32)20-10-11-23(31)28(27-20)13-12-22(30)26-15-17-6-8-19(25)9-7-17/h2-11,16H,12-15H2,1H3,(H,26,30). The molecule has 1 atom stereocenters. The third-order valence-corrected chi connectivity index (χ3v) is 5.47. The van der Waals surface area contributed by atoms with Gasteiger partial charge in [-0.05, 0) is 48.7 Å². The molecule has 2 amide bonds. The fourth-order valence-corrected chi connectivity index (χ4v) is 3.82. The number of benzene rings is 2. The van der Waals surface area contributed by atoms with Crippen LogP contribution >= 0.6 is 0 Å². The minimum Gasteiger partial charge on any atom is -0.352 e. The summed E-state index contributed by atoms with van der Waals surface area (Å²) in [7, 11) is 0. The summed E-state index contributed by atoms with van der Waals surface area (Å²) in [6.45, 7) is 2.27. The van der Waals surface area contributed by atoms with Crippen molar-refractivity contribution >= 4 is 17.5 Å². The van der Waals surface area contributed by atoms with Gasteiger partial charge in [0.2, 0.25) is 5.91 Å². The second kappa shape index (κ2) is 9.13. The molecule has 0 spiro atoms. The third-order valence-electron chi connectivity index (χ3n) is 5.47. The van der Waals surface area contributed by atoms with E-state index in [0.29, 0.717) is 0 Å². The maximum Gasteiger partial charge on any atom is 0.278 e. The van der Waals surface area contributed by atoms with Crippen LogP contribution < -0.4 is 15.8 Å². The summed E-state index contributed by atoms with van der Waals surface area (Å²) >= 11 is 0. The van der Waals surface area contributed by atoms with Crippen LogP contribution in [0.5, 0.6) is 0 Å². The summed E-state index contributed by atoms with van der Waals surface area (Å²) in [4.78, 5) is 39.2. The molecule has 0 fully saturated rings. The Hall–Kier alpha value is -3.81. The maximum atomic E-state index is 13.1. The average Bonchev–Trinajstić information content (AvgIpc) is 3.13. The molecule has 0 radical (unpaired) electrons. The van der Waals surface area contributed by atoms with Crippen molar-refractivity contribution in [2.24, 2.45) is 0 Å². The summed E-state index contributed by atoms with van der Waals surface area (Å²) in [5.74, 6) is -0.898. The van der Waals surface area contributed by atoms with Gasteiger partial charge in [-0.2, -0.15) is 5.10 Å². The summed E-state index contributed by atoms with van der Waals surface area (Å²) < 4.78 is 14.1. The molecule has 8 heteroatoms. The van der Waals surface area contributed by atoms with E-state index in [9.17, 15) is 18.8 Å². The van der Waals surface area contributed by atoms with Crippen LogP contribution in [-0.4, -0.2) is 27.6 Å². The molecule has 164 valence electrons. The highest BCUT2D eigenvalue weighted by molar-refractivity contribution is 6.06. The Bertz CT molecular complexity index is 1210. The van der Waals surface area contributed by atoms with E-state index >= 15 is 0 Å².